The Kier molecular flexibility index (Phi) is 4.98. The maximum absolute atomic E-state index is 11.5. The van der Waals surface area contributed by atoms with E-state index in [0.29, 0.717) is 12.6 Å². The topological polar surface area (TPSA) is 52.6 Å². The van der Waals surface area contributed by atoms with E-state index >= 15 is 0 Å². The molecule has 1 aromatic rings. The molecule has 2 fully saturated rings. The molecule has 4 heteroatoms. The predicted molar refractivity (Wildman–Crippen MR) is 88.2 cm³/mol. The third kappa shape index (κ3) is 3.80. The fraction of sp³-hybridized carbons (Fsp3) is 0.611. The molecule has 0 radical (unpaired) electrons. The van der Waals surface area contributed by atoms with Crippen molar-refractivity contribution in [1.82, 2.24) is 5.32 Å². The molecular formula is C18H26N2O2. The summed E-state index contributed by atoms with van der Waals surface area (Å²) >= 11 is 0. The first-order chi connectivity index (χ1) is 10.7. The van der Waals surface area contributed by atoms with E-state index in [1.807, 2.05) is 18.2 Å². The van der Waals surface area contributed by atoms with Crippen LogP contribution in [0.25, 0.3) is 0 Å². The fourth-order valence-corrected chi connectivity index (χ4v) is 3.85. The van der Waals surface area contributed by atoms with E-state index < -0.39 is 5.97 Å². The largest absolute Gasteiger partial charge is 0.481 e. The van der Waals surface area contributed by atoms with Crippen LogP contribution >= 0.6 is 0 Å². The highest BCUT2D eigenvalue weighted by molar-refractivity contribution is 5.71. The summed E-state index contributed by atoms with van der Waals surface area (Å²) in [6, 6.07) is 11.0. The minimum absolute atomic E-state index is 0.276. The van der Waals surface area contributed by atoms with Crippen LogP contribution in [0.15, 0.2) is 30.3 Å². The zero-order valence-corrected chi connectivity index (χ0v) is 13.1. The SMILES string of the molecule is O=C(O)C1CC(NC2CCCCC2)CN(c2ccccc2)C1. The van der Waals surface area contributed by atoms with E-state index in [2.05, 4.69) is 22.3 Å². The van der Waals surface area contributed by atoms with Crippen LogP contribution in [-0.4, -0.2) is 36.2 Å². The normalized spacial score (nSPS) is 26.8. The van der Waals surface area contributed by atoms with E-state index in [4.69, 9.17) is 0 Å². The maximum Gasteiger partial charge on any atom is 0.308 e. The van der Waals surface area contributed by atoms with Gasteiger partial charge < -0.3 is 15.3 Å². The number of nitrogens with one attached hydrogen (secondary N) is 1. The van der Waals surface area contributed by atoms with Crippen LogP contribution in [0.4, 0.5) is 5.69 Å². The Balaban J connectivity index is 1.68. The van der Waals surface area contributed by atoms with Crippen molar-refractivity contribution in [3.8, 4) is 0 Å². The molecule has 1 aliphatic heterocycles. The van der Waals surface area contributed by atoms with Crippen LogP contribution in [0, 0.1) is 5.92 Å². The molecule has 0 aromatic heterocycles. The number of benzene rings is 1. The van der Waals surface area contributed by atoms with Crippen LogP contribution in [0.1, 0.15) is 38.5 Å². The van der Waals surface area contributed by atoms with Crippen LogP contribution in [-0.2, 0) is 4.79 Å². The number of carboxylic acid groups (broad SMARTS) is 1. The lowest BCUT2D eigenvalue weighted by atomic mass is 9.90. The van der Waals surface area contributed by atoms with Gasteiger partial charge in [0.1, 0.15) is 0 Å². The van der Waals surface area contributed by atoms with Crippen LogP contribution in [0.5, 0.6) is 0 Å². The molecule has 1 saturated carbocycles. The Morgan fingerprint density at radius 1 is 1.05 bits per heavy atom. The Bertz CT molecular complexity index is 485. The molecule has 2 aliphatic rings. The van der Waals surface area contributed by atoms with Gasteiger partial charge in [0.2, 0.25) is 0 Å². The van der Waals surface area contributed by atoms with Crippen molar-refractivity contribution >= 4 is 11.7 Å². The molecule has 2 unspecified atom stereocenters. The second-order valence-electron chi connectivity index (χ2n) is 6.71. The summed E-state index contributed by atoms with van der Waals surface area (Å²) in [6.45, 7) is 1.52. The monoisotopic (exact) mass is 302 g/mol. The van der Waals surface area contributed by atoms with E-state index in [1.54, 1.807) is 0 Å². The number of rotatable bonds is 4. The summed E-state index contributed by atoms with van der Waals surface area (Å²) in [6.07, 6.45) is 7.16. The molecule has 2 atom stereocenters. The zero-order chi connectivity index (χ0) is 15.4. The number of hydrogen-bond acceptors (Lipinski definition) is 3. The number of carboxylic acids is 1. The fourth-order valence-electron chi connectivity index (χ4n) is 3.85. The Morgan fingerprint density at radius 2 is 1.77 bits per heavy atom. The minimum atomic E-state index is -0.670. The lowest BCUT2D eigenvalue weighted by Gasteiger charge is -2.40. The van der Waals surface area contributed by atoms with E-state index in [-0.39, 0.29) is 12.0 Å². The van der Waals surface area contributed by atoms with Gasteiger partial charge in [0.15, 0.2) is 0 Å². The molecule has 4 nitrogen and oxygen atoms in total. The summed E-state index contributed by atoms with van der Waals surface area (Å²) in [5.41, 5.74) is 1.13. The van der Waals surface area contributed by atoms with Gasteiger partial charge in [0, 0.05) is 30.9 Å². The highest BCUT2D eigenvalue weighted by atomic mass is 16.4. The lowest BCUT2D eigenvalue weighted by Crippen LogP contribution is -2.53. The average molecular weight is 302 g/mol. The molecule has 0 bridgehead atoms. The molecule has 1 aromatic carbocycles. The van der Waals surface area contributed by atoms with Crippen molar-refractivity contribution < 1.29 is 9.90 Å². The number of nitrogens with zero attached hydrogens (tertiary/aromatic N) is 1. The van der Waals surface area contributed by atoms with Crippen LogP contribution in [0.2, 0.25) is 0 Å². The van der Waals surface area contributed by atoms with Gasteiger partial charge in [-0.2, -0.15) is 0 Å². The lowest BCUT2D eigenvalue weighted by molar-refractivity contribution is -0.142. The molecule has 120 valence electrons. The number of aliphatic carboxylic acids is 1. The van der Waals surface area contributed by atoms with Gasteiger partial charge >= 0.3 is 5.97 Å². The molecule has 22 heavy (non-hydrogen) atoms. The molecule has 0 spiro atoms. The van der Waals surface area contributed by atoms with E-state index in [0.717, 1.165) is 18.7 Å². The van der Waals surface area contributed by atoms with Crippen molar-refractivity contribution in [1.29, 1.82) is 0 Å². The quantitative estimate of drug-likeness (QED) is 0.898. The number of para-hydroxylation sites is 1. The Morgan fingerprint density at radius 3 is 2.45 bits per heavy atom. The van der Waals surface area contributed by atoms with Crippen molar-refractivity contribution in [3.63, 3.8) is 0 Å². The van der Waals surface area contributed by atoms with Gasteiger partial charge in [-0.3, -0.25) is 4.79 Å². The third-order valence-electron chi connectivity index (χ3n) is 5.00. The van der Waals surface area contributed by atoms with Crippen LogP contribution in [0.3, 0.4) is 0 Å². The number of carbonyl (C=O) groups is 1. The molecule has 1 aliphatic carbocycles. The summed E-state index contributed by atoms with van der Waals surface area (Å²) < 4.78 is 0. The van der Waals surface area contributed by atoms with Crippen molar-refractivity contribution in [2.75, 3.05) is 18.0 Å². The number of piperidine rings is 1. The summed E-state index contributed by atoms with van der Waals surface area (Å²) in [4.78, 5) is 13.7. The molecule has 3 rings (SSSR count). The van der Waals surface area contributed by atoms with Gasteiger partial charge in [0.05, 0.1) is 5.92 Å². The first-order valence-electron chi connectivity index (χ1n) is 8.51. The molecule has 1 heterocycles. The highest BCUT2D eigenvalue weighted by Gasteiger charge is 2.32. The van der Waals surface area contributed by atoms with Gasteiger partial charge in [-0.1, -0.05) is 37.5 Å². The van der Waals surface area contributed by atoms with E-state index in [1.165, 1.54) is 32.1 Å². The van der Waals surface area contributed by atoms with E-state index in [9.17, 15) is 9.90 Å². The molecular weight excluding hydrogens is 276 g/mol. The molecule has 0 amide bonds. The van der Waals surface area contributed by atoms with Crippen molar-refractivity contribution in [2.45, 2.75) is 50.6 Å². The van der Waals surface area contributed by atoms with Crippen molar-refractivity contribution in [2.24, 2.45) is 5.92 Å². The smallest absolute Gasteiger partial charge is 0.308 e. The molecule has 2 N–H and O–H groups in total. The summed E-state index contributed by atoms with van der Waals surface area (Å²) in [5.74, 6) is -0.953. The minimum Gasteiger partial charge on any atom is -0.481 e. The highest BCUT2D eigenvalue weighted by Crippen LogP contribution is 2.25. The first-order valence-corrected chi connectivity index (χ1v) is 8.51. The van der Waals surface area contributed by atoms with Gasteiger partial charge in [-0.15, -0.1) is 0 Å². The van der Waals surface area contributed by atoms with Crippen LogP contribution < -0.4 is 10.2 Å². The number of anilines is 1. The second-order valence-corrected chi connectivity index (χ2v) is 6.71. The summed E-state index contributed by atoms with van der Waals surface area (Å²) in [5, 5.41) is 13.2. The third-order valence-corrected chi connectivity index (χ3v) is 5.00. The Labute approximate surface area is 132 Å². The zero-order valence-electron chi connectivity index (χ0n) is 13.1. The van der Waals surface area contributed by atoms with Crippen molar-refractivity contribution in [3.05, 3.63) is 30.3 Å². The maximum atomic E-state index is 11.5. The standard InChI is InChI=1S/C18H26N2O2/c21-18(22)14-11-16(19-15-7-3-1-4-8-15)13-20(12-14)17-9-5-2-6-10-17/h2,5-6,9-10,14-16,19H,1,3-4,7-8,11-13H2,(H,21,22). The predicted octanol–water partition coefficient (Wildman–Crippen LogP) is 2.89. The summed E-state index contributed by atoms with van der Waals surface area (Å²) in [7, 11) is 0. The van der Waals surface area contributed by atoms with Gasteiger partial charge in [-0.25, -0.2) is 0 Å². The van der Waals surface area contributed by atoms with Gasteiger partial charge in [0.25, 0.3) is 0 Å². The van der Waals surface area contributed by atoms with Gasteiger partial charge in [-0.05, 0) is 31.4 Å². The average Bonchev–Trinajstić information content (AvgIpc) is 2.56. The number of hydrogen-bond donors (Lipinski definition) is 2. The Hall–Kier alpha value is -1.55. The first kappa shape index (κ1) is 15.3. The second kappa shape index (κ2) is 7.14. The molecule has 1 saturated heterocycles.